The molecule has 2 bridgehead atoms. The molecular formula is C15H15NO5. The maximum absolute atomic E-state index is 12.4. The number of nitrogens with one attached hydrogen (secondary N) is 1. The number of carbonyl (C=O) groups excluding carboxylic acids is 1. The fourth-order valence-corrected chi connectivity index (χ4v) is 2.81. The van der Waals surface area contributed by atoms with Crippen LogP contribution in [-0.2, 0) is 14.3 Å². The molecule has 4 atom stereocenters. The summed E-state index contributed by atoms with van der Waals surface area (Å²) in [6.07, 6.45) is 2.48. The average molecular weight is 289 g/mol. The second-order valence-corrected chi connectivity index (χ2v) is 5.06. The van der Waals surface area contributed by atoms with Gasteiger partial charge < -0.3 is 19.9 Å². The van der Waals surface area contributed by atoms with Crippen LogP contribution in [0, 0.1) is 11.8 Å². The third kappa shape index (κ3) is 2.38. The van der Waals surface area contributed by atoms with Crippen LogP contribution in [0.25, 0.3) is 0 Å². The number of methoxy groups -OCH3 is 1. The van der Waals surface area contributed by atoms with Gasteiger partial charge >= 0.3 is 5.97 Å². The number of rotatable bonds is 4. The van der Waals surface area contributed by atoms with Gasteiger partial charge in [0.2, 0.25) is 5.91 Å². The molecule has 0 aromatic heterocycles. The van der Waals surface area contributed by atoms with Gasteiger partial charge in [-0.25, -0.2) is 0 Å². The molecule has 6 heteroatoms. The lowest BCUT2D eigenvalue weighted by molar-refractivity contribution is -0.145. The normalized spacial score (nSPS) is 29.4. The zero-order valence-electron chi connectivity index (χ0n) is 11.4. The second-order valence-electron chi connectivity index (χ2n) is 5.06. The topological polar surface area (TPSA) is 84.9 Å². The molecule has 1 fully saturated rings. The van der Waals surface area contributed by atoms with Crippen LogP contribution in [0.4, 0.5) is 5.69 Å². The van der Waals surface area contributed by atoms with Gasteiger partial charge in [-0.05, 0) is 24.3 Å². The van der Waals surface area contributed by atoms with Crippen molar-refractivity contribution in [1.29, 1.82) is 0 Å². The zero-order chi connectivity index (χ0) is 15.0. The van der Waals surface area contributed by atoms with Gasteiger partial charge in [-0.2, -0.15) is 0 Å². The lowest BCUT2D eigenvalue weighted by atomic mass is 9.82. The number of fused-ring (bicyclic) bond motifs is 2. The van der Waals surface area contributed by atoms with Crippen molar-refractivity contribution in [3.63, 3.8) is 0 Å². The maximum atomic E-state index is 12.4. The highest BCUT2D eigenvalue weighted by molar-refractivity contribution is 5.96. The van der Waals surface area contributed by atoms with Gasteiger partial charge in [0.25, 0.3) is 0 Å². The van der Waals surface area contributed by atoms with E-state index in [0.717, 1.165) is 0 Å². The molecule has 1 aromatic carbocycles. The summed E-state index contributed by atoms with van der Waals surface area (Å²) in [4.78, 5) is 23.7. The molecule has 2 N–H and O–H groups in total. The predicted octanol–water partition coefficient (Wildman–Crippen LogP) is 1.29. The van der Waals surface area contributed by atoms with Crippen LogP contribution in [0.15, 0.2) is 36.4 Å². The zero-order valence-corrected chi connectivity index (χ0v) is 11.4. The average Bonchev–Trinajstić information content (AvgIpc) is 3.08. The number of anilines is 1. The fourth-order valence-electron chi connectivity index (χ4n) is 2.81. The molecule has 0 spiro atoms. The monoisotopic (exact) mass is 289 g/mol. The molecule has 21 heavy (non-hydrogen) atoms. The molecule has 0 aliphatic carbocycles. The molecule has 110 valence electrons. The van der Waals surface area contributed by atoms with Crippen LogP contribution < -0.4 is 10.1 Å². The van der Waals surface area contributed by atoms with E-state index in [1.54, 1.807) is 43.5 Å². The first-order valence-corrected chi connectivity index (χ1v) is 6.61. The number of aliphatic carboxylic acids is 1. The van der Waals surface area contributed by atoms with Crippen molar-refractivity contribution in [2.45, 2.75) is 12.2 Å². The van der Waals surface area contributed by atoms with Crippen LogP contribution in [0.1, 0.15) is 0 Å². The van der Waals surface area contributed by atoms with Crippen molar-refractivity contribution in [3.8, 4) is 5.75 Å². The maximum Gasteiger partial charge on any atom is 0.310 e. The summed E-state index contributed by atoms with van der Waals surface area (Å²) >= 11 is 0. The first-order chi connectivity index (χ1) is 10.1. The number of carbonyl (C=O) groups is 2. The standard InChI is InChI=1S/C15H15NO5/c1-20-9-4-2-8(3-5-9)16-14(17)12-10-6-7-11(21-10)13(12)15(18)19/h2-7,10-13H,1H3,(H,16,17)(H,18,19)/t10-,11+,12-,13-/m0/s1. The Bertz CT molecular complexity index is 595. The Hall–Kier alpha value is -2.34. The Morgan fingerprint density at radius 3 is 2.33 bits per heavy atom. The van der Waals surface area contributed by atoms with E-state index < -0.39 is 30.0 Å². The molecule has 0 saturated carbocycles. The van der Waals surface area contributed by atoms with Gasteiger partial charge in [0.05, 0.1) is 25.2 Å². The van der Waals surface area contributed by atoms with Gasteiger partial charge in [0.15, 0.2) is 0 Å². The number of ether oxygens (including phenoxy) is 2. The van der Waals surface area contributed by atoms with Crippen LogP contribution >= 0.6 is 0 Å². The van der Waals surface area contributed by atoms with Gasteiger partial charge in [-0.3, -0.25) is 9.59 Å². The molecule has 1 aromatic rings. The van der Waals surface area contributed by atoms with Crippen molar-refractivity contribution < 1.29 is 24.2 Å². The smallest absolute Gasteiger partial charge is 0.310 e. The van der Waals surface area contributed by atoms with E-state index in [0.29, 0.717) is 11.4 Å². The minimum Gasteiger partial charge on any atom is -0.497 e. The van der Waals surface area contributed by atoms with E-state index in [1.165, 1.54) is 0 Å². The highest BCUT2D eigenvalue weighted by Crippen LogP contribution is 2.39. The molecule has 3 rings (SSSR count). The van der Waals surface area contributed by atoms with Crippen LogP contribution in [-0.4, -0.2) is 36.3 Å². The first kappa shape index (κ1) is 13.6. The van der Waals surface area contributed by atoms with Crippen molar-refractivity contribution in [3.05, 3.63) is 36.4 Å². The van der Waals surface area contributed by atoms with Gasteiger partial charge in [0.1, 0.15) is 11.7 Å². The number of benzene rings is 1. The Balaban J connectivity index is 1.75. The number of hydrogen-bond acceptors (Lipinski definition) is 4. The number of carboxylic acids is 1. The predicted molar refractivity (Wildman–Crippen MR) is 74.0 cm³/mol. The summed E-state index contributed by atoms with van der Waals surface area (Å²) in [5.74, 6) is -2.22. The Morgan fingerprint density at radius 1 is 1.14 bits per heavy atom. The first-order valence-electron chi connectivity index (χ1n) is 6.61. The second kappa shape index (κ2) is 5.21. The summed E-state index contributed by atoms with van der Waals surface area (Å²) in [5.41, 5.74) is 0.594. The summed E-state index contributed by atoms with van der Waals surface area (Å²) in [5, 5.41) is 12.0. The molecule has 1 amide bonds. The van der Waals surface area contributed by atoms with E-state index in [2.05, 4.69) is 5.32 Å². The molecule has 0 unspecified atom stereocenters. The number of hydrogen-bond donors (Lipinski definition) is 2. The summed E-state index contributed by atoms with van der Waals surface area (Å²) in [6, 6.07) is 6.86. The SMILES string of the molecule is COc1ccc(NC(=O)[C@@H]2[C@@H](C(=O)O)[C@H]3C=C[C@@H]2O3)cc1. The van der Waals surface area contributed by atoms with E-state index in [1.807, 2.05) is 0 Å². The fraction of sp³-hybridized carbons (Fsp3) is 0.333. The highest BCUT2D eigenvalue weighted by Gasteiger charge is 2.53. The molecule has 2 heterocycles. The van der Waals surface area contributed by atoms with Crippen molar-refractivity contribution in [2.24, 2.45) is 11.8 Å². The molecular weight excluding hydrogens is 274 g/mol. The van der Waals surface area contributed by atoms with E-state index in [4.69, 9.17) is 9.47 Å². The van der Waals surface area contributed by atoms with Crippen LogP contribution in [0.5, 0.6) is 5.75 Å². The molecule has 2 aliphatic rings. The quantitative estimate of drug-likeness (QED) is 0.816. The summed E-state index contributed by atoms with van der Waals surface area (Å²) in [6.45, 7) is 0. The Kier molecular flexibility index (Phi) is 3.39. The lowest BCUT2D eigenvalue weighted by Gasteiger charge is -2.21. The highest BCUT2D eigenvalue weighted by atomic mass is 16.5. The van der Waals surface area contributed by atoms with Crippen LogP contribution in [0.2, 0.25) is 0 Å². The van der Waals surface area contributed by atoms with Gasteiger partial charge in [0, 0.05) is 5.69 Å². The molecule has 2 aliphatic heterocycles. The molecule has 1 saturated heterocycles. The number of carboxylic acid groups (broad SMARTS) is 1. The third-order valence-electron chi connectivity index (χ3n) is 3.84. The van der Waals surface area contributed by atoms with Crippen LogP contribution in [0.3, 0.4) is 0 Å². The summed E-state index contributed by atoms with van der Waals surface area (Å²) < 4.78 is 10.5. The lowest BCUT2D eigenvalue weighted by Crippen LogP contribution is -2.39. The van der Waals surface area contributed by atoms with Crippen molar-refractivity contribution >= 4 is 17.6 Å². The minimum atomic E-state index is -1.01. The molecule has 0 radical (unpaired) electrons. The van der Waals surface area contributed by atoms with Gasteiger partial charge in [-0.1, -0.05) is 12.2 Å². The van der Waals surface area contributed by atoms with Crippen molar-refractivity contribution in [1.82, 2.24) is 0 Å². The van der Waals surface area contributed by atoms with Gasteiger partial charge in [-0.15, -0.1) is 0 Å². The minimum absolute atomic E-state index is 0.343. The van der Waals surface area contributed by atoms with E-state index in [9.17, 15) is 14.7 Å². The third-order valence-corrected chi connectivity index (χ3v) is 3.84. The summed E-state index contributed by atoms with van der Waals surface area (Å²) in [7, 11) is 1.56. The largest absolute Gasteiger partial charge is 0.497 e. The van der Waals surface area contributed by atoms with E-state index >= 15 is 0 Å². The Labute approximate surface area is 121 Å². The molecule has 6 nitrogen and oxygen atoms in total. The Morgan fingerprint density at radius 2 is 1.76 bits per heavy atom. The van der Waals surface area contributed by atoms with E-state index in [-0.39, 0.29) is 5.91 Å². The number of amides is 1. The van der Waals surface area contributed by atoms with Crippen molar-refractivity contribution in [2.75, 3.05) is 12.4 Å².